The highest BCUT2D eigenvalue weighted by Gasteiger charge is 2.22. The fourth-order valence-electron chi connectivity index (χ4n) is 3.55. The van der Waals surface area contributed by atoms with Gasteiger partial charge in [0.15, 0.2) is 0 Å². The lowest BCUT2D eigenvalue weighted by atomic mass is 10.1. The SMILES string of the molecule is CC(C)CC(=O)N1CCCN(C(=O)c2c[nH]c(=O)[nH]2)CCNCc2ccccc21. The Bertz CT molecular complexity index is 901. The molecule has 0 fully saturated rings. The monoisotopic (exact) mass is 399 g/mol. The quantitative estimate of drug-likeness (QED) is 0.731. The molecule has 0 spiro atoms. The number of para-hydroxylation sites is 1. The van der Waals surface area contributed by atoms with E-state index in [0.717, 1.165) is 11.3 Å². The minimum atomic E-state index is -0.398. The van der Waals surface area contributed by atoms with E-state index in [9.17, 15) is 14.4 Å². The molecule has 3 rings (SSSR count). The van der Waals surface area contributed by atoms with Crippen LogP contribution in [0.4, 0.5) is 5.69 Å². The normalized spacial score (nSPS) is 15.7. The van der Waals surface area contributed by atoms with Crippen LogP contribution in [0.5, 0.6) is 0 Å². The molecule has 1 aliphatic heterocycles. The number of benzene rings is 1. The molecule has 8 nitrogen and oxygen atoms in total. The summed E-state index contributed by atoms with van der Waals surface area (Å²) in [5.41, 5.74) is 1.85. The molecule has 0 unspecified atom stereocenters. The number of aromatic amines is 2. The Labute approximate surface area is 170 Å². The summed E-state index contributed by atoms with van der Waals surface area (Å²) in [6.45, 7) is 6.87. The number of nitrogens with one attached hydrogen (secondary N) is 3. The van der Waals surface area contributed by atoms with E-state index >= 15 is 0 Å². The summed E-state index contributed by atoms with van der Waals surface area (Å²) in [6.07, 6.45) is 2.53. The Morgan fingerprint density at radius 2 is 1.93 bits per heavy atom. The van der Waals surface area contributed by atoms with Crippen molar-refractivity contribution in [2.45, 2.75) is 33.2 Å². The van der Waals surface area contributed by atoms with Gasteiger partial charge in [0.1, 0.15) is 5.69 Å². The molecule has 0 atom stereocenters. The molecule has 0 bridgehead atoms. The van der Waals surface area contributed by atoms with Crippen LogP contribution in [-0.4, -0.2) is 52.9 Å². The smallest absolute Gasteiger partial charge is 0.323 e. The summed E-state index contributed by atoms with van der Waals surface area (Å²) in [5.74, 6) is 0.149. The van der Waals surface area contributed by atoms with E-state index in [1.807, 2.05) is 43.0 Å². The number of carbonyl (C=O) groups is 2. The predicted molar refractivity (Wildman–Crippen MR) is 112 cm³/mol. The topological polar surface area (TPSA) is 101 Å². The first-order chi connectivity index (χ1) is 14.0. The maximum Gasteiger partial charge on any atom is 0.323 e. The van der Waals surface area contributed by atoms with Crippen LogP contribution in [0, 0.1) is 5.92 Å². The minimum absolute atomic E-state index is 0.0968. The molecule has 2 aromatic rings. The second-order valence-corrected chi connectivity index (χ2v) is 7.75. The first-order valence-corrected chi connectivity index (χ1v) is 10.1. The van der Waals surface area contributed by atoms with Crippen LogP contribution < -0.4 is 15.9 Å². The van der Waals surface area contributed by atoms with Gasteiger partial charge in [0.05, 0.1) is 0 Å². The van der Waals surface area contributed by atoms with E-state index in [4.69, 9.17) is 0 Å². The Morgan fingerprint density at radius 1 is 1.14 bits per heavy atom. The number of imidazole rings is 1. The van der Waals surface area contributed by atoms with Crippen molar-refractivity contribution in [3.63, 3.8) is 0 Å². The molecule has 0 aliphatic carbocycles. The molecule has 2 amide bonds. The number of carbonyl (C=O) groups excluding carboxylic acids is 2. The molecule has 3 N–H and O–H groups in total. The summed E-state index contributed by atoms with van der Waals surface area (Å²) in [5, 5.41) is 3.37. The van der Waals surface area contributed by atoms with E-state index in [1.165, 1.54) is 6.20 Å². The number of nitrogens with zero attached hydrogens (tertiary/aromatic N) is 2. The van der Waals surface area contributed by atoms with E-state index in [2.05, 4.69) is 15.3 Å². The fourth-order valence-corrected chi connectivity index (χ4v) is 3.55. The first kappa shape index (κ1) is 20.9. The van der Waals surface area contributed by atoms with Gasteiger partial charge < -0.3 is 25.1 Å². The molecule has 0 saturated heterocycles. The van der Waals surface area contributed by atoms with E-state index in [0.29, 0.717) is 45.6 Å². The molecule has 1 aromatic carbocycles. The van der Waals surface area contributed by atoms with Gasteiger partial charge >= 0.3 is 5.69 Å². The standard InChI is InChI=1S/C21H29N5O3/c1-15(2)12-19(27)26-10-5-9-25(20(28)17-14-23-21(29)24-17)11-8-22-13-16-6-3-4-7-18(16)26/h3-4,6-7,14-15,22H,5,8-13H2,1-2H3,(H2,23,24,29). The summed E-state index contributed by atoms with van der Waals surface area (Å²) in [4.78, 5) is 45.6. The lowest BCUT2D eigenvalue weighted by Crippen LogP contribution is -2.39. The van der Waals surface area contributed by atoms with Crippen molar-refractivity contribution in [2.24, 2.45) is 5.92 Å². The van der Waals surface area contributed by atoms with Gasteiger partial charge in [-0.2, -0.15) is 0 Å². The number of aromatic nitrogens is 2. The van der Waals surface area contributed by atoms with Crippen molar-refractivity contribution < 1.29 is 9.59 Å². The van der Waals surface area contributed by atoms with Crippen molar-refractivity contribution in [1.29, 1.82) is 0 Å². The molecule has 1 aliphatic rings. The molecule has 0 saturated carbocycles. The molecule has 2 heterocycles. The third kappa shape index (κ3) is 5.35. The van der Waals surface area contributed by atoms with Crippen LogP contribution in [0.3, 0.4) is 0 Å². The van der Waals surface area contributed by atoms with Crippen molar-refractivity contribution in [1.82, 2.24) is 20.2 Å². The number of rotatable bonds is 3. The number of amides is 2. The van der Waals surface area contributed by atoms with Crippen LogP contribution in [0.2, 0.25) is 0 Å². The lowest BCUT2D eigenvalue weighted by molar-refractivity contribution is -0.119. The number of fused-ring (bicyclic) bond motifs is 1. The van der Waals surface area contributed by atoms with Crippen molar-refractivity contribution in [3.05, 3.63) is 52.2 Å². The summed E-state index contributed by atoms with van der Waals surface area (Å²) < 4.78 is 0. The van der Waals surface area contributed by atoms with Crippen LogP contribution in [0.15, 0.2) is 35.3 Å². The van der Waals surface area contributed by atoms with Gasteiger partial charge in [-0.3, -0.25) is 9.59 Å². The van der Waals surface area contributed by atoms with E-state index < -0.39 is 5.69 Å². The van der Waals surface area contributed by atoms with Gasteiger partial charge in [-0.1, -0.05) is 32.0 Å². The van der Waals surface area contributed by atoms with Crippen LogP contribution in [0.1, 0.15) is 42.7 Å². The number of hydrogen-bond donors (Lipinski definition) is 3. The molecular formula is C21H29N5O3. The Balaban J connectivity index is 1.81. The molecule has 29 heavy (non-hydrogen) atoms. The second kappa shape index (κ2) is 9.56. The van der Waals surface area contributed by atoms with Crippen molar-refractivity contribution in [3.8, 4) is 0 Å². The average Bonchev–Trinajstić information content (AvgIpc) is 3.10. The lowest BCUT2D eigenvalue weighted by Gasteiger charge is -2.27. The third-order valence-electron chi connectivity index (χ3n) is 4.96. The summed E-state index contributed by atoms with van der Waals surface area (Å²) >= 11 is 0. The zero-order chi connectivity index (χ0) is 20.8. The van der Waals surface area contributed by atoms with Gasteiger partial charge in [-0.25, -0.2) is 4.79 Å². The minimum Gasteiger partial charge on any atom is -0.336 e. The van der Waals surface area contributed by atoms with E-state index in [-0.39, 0.29) is 23.4 Å². The zero-order valence-corrected chi connectivity index (χ0v) is 17.0. The van der Waals surface area contributed by atoms with Gasteiger partial charge in [0, 0.05) is 51.0 Å². The Kier molecular flexibility index (Phi) is 6.87. The fraction of sp³-hybridized carbons (Fsp3) is 0.476. The maximum atomic E-state index is 12.9. The molecule has 1 aromatic heterocycles. The highest BCUT2D eigenvalue weighted by Crippen LogP contribution is 2.23. The largest absolute Gasteiger partial charge is 0.336 e. The molecular weight excluding hydrogens is 370 g/mol. The Hall–Kier alpha value is -2.87. The predicted octanol–water partition coefficient (Wildman–Crippen LogP) is 1.72. The van der Waals surface area contributed by atoms with Crippen LogP contribution in [-0.2, 0) is 11.3 Å². The maximum absolute atomic E-state index is 12.9. The van der Waals surface area contributed by atoms with Gasteiger partial charge in [0.2, 0.25) is 5.91 Å². The van der Waals surface area contributed by atoms with Crippen molar-refractivity contribution in [2.75, 3.05) is 31.1 Å². The highest BCUT2D eigenvalue weighted by atomic mass is 16.2. The van der Waals surface area contributed by atoms with Crippen LogP contribution >= 0.6 is 0 Å². The zero-order valence-electron chi connectivity index (χ0n) is 17.0. The molecule has 0 radical (unpaired) electrons. The average molecular weight is 399 g/mol. The van der Waals surface area contributed by atoms with Crippen molar-refractivity contribution >= 4 is 17.5 Å². The number of anilines is 1. The summed E-state index contributed by atoms with van der Waals surface area (Å²) in [6, 6.07) is 7.94. The van der Waals surface area contributed by atoms with Gasteiger partial charge in [0.25, 0.3) is 5.91 Å². The summed E-state index contributed by atoms with van der Waals surface area (Å²) in [7, 11) is 0. The van der Waals surface area contributed by atoms with Crippen LogP contribution in [0.25, 0.3) is 0 Å². The molecule has 156 valence electrons. The highest BCUT2D eigenvalue weighted by molar-refractivity contribution is 5.94. The van der Waals surface area contributed by atoms with Gasteiger partial charge in [-0.05, 0) is 24.0 Å². The number of hydrogen-bond acceptors (Lipinski definition) is 4. The number of H-pyrrole nitrogens is 2. The molecule has 8 heteroatoms. The second-order valence-electron chi connectivity index (χ2n) is 7.75. The third-order valence-corrected chi connectivity index (χ3v) is 4.96. The first-order valence-electron chi connectivity index (χ1n) is 10.1. The Morgan fingerprint density at radius 3 is 2.66 bits per heavy atom. The van der Waals surface area contributed by atoms with Gasteiger partial charge in [-0.15, -0.1) is 0 Å². The van der Waals surface area contributed by atoms with E-state index in [1.54, 1.807) is 4.90 Å².